The number of hydrogen-bond acceptors (Lipinski definition) is 2. The fourth-order valence-electron chi connectivity index (χ4n) is 1.82. The maximum atomic E-state index is 12.0. The highest BCUT2D eigenvalue weighted by Gasteiger charge is 2.22. The number of benzene rings is 1. The van der Waals surface area contributed by atoms with Gasteiger partial charge in [-0.1, -0.05) is 19.9 Å². The topological polar surface area (TPSA) is 52.9 Å². The van der Waals surface area contributed by atoms with Crippen molar-refractivity contribution in [2.45, 2.75) is 34.6 Å². The van der Waals surface area contributed by atoms with Gasteiger partial charge >= 0.3 is 0 Å². The summed E-state index contributed by atoms with van der Waals surface area (Å²) < 4.78 is 0. The number of rotatable bonds is 3. The van der Waals surface area contributed by atoms with Crippen LogP contribution in [-0.2, 0) is 4.79 Å². The fraction of sp³-hybridized carbons (Fsp3) is 0.467. The lowest BCUT2D eigenvalue weighted by Crippen LogP contribution is -2.26. The van der Waals surface area contributed by atoms with E-state index in [0.717, 1.165) is 16.8 Å². The smallest absolute Gasteiger partial charge is 0.241 e. The molecule has 0 bridgehead atoms. The lowest BCUT2D eigenvalue weighted by atomic mass is 9.96. The van der Waals surface area contributed by atoms with Crippen LogP contribution in [-0.4, -0.2) is 5.91 Å². The molecule has 3 heteroatoms. The summed E-state index contributed by atoms with van der Waals surface area (Å²) >= 11 is 0. The molecule has 1 rings (SSSR count). The summed E-state index contributed by atoms with van der Waals surface area (Å²) in [6.07, 6.45) is 0. The summed E-state index contributed by atoms with van der Waals surface area (Å²) in [6, 6.07) is 6.05. The fourth-order valence-corrected chi connectivity index (χ4v) is 1.82. The molecule has 1 unspecified atom stereocenters. The van der Waals surface area contributed by atoms with Gasteiger partial charge in [-0.3, -0.25) is 4.79 Å². The van der Waals surface area contributed by atoms with Gasteiger partial charge in [0.25, 0.3) is 0 Å². The Labute approximate surface area is 109 Å². The zero-order valence-corrected chi connectivity index (χ0v) is 11.7. The van der Waals surface area contributed by atoms with Crippen molar-refractivity contribution in [2.75, 3.05) is 5.32 Å². The number of nitrogens with zero attached hydrogens (tertiary/aromatic N) is 1. The molecule has 0 fully saturated rings. The average molecular weight is 244 g/mol. The van der Waals surface area contributed by atoms with Crippen molar-refractivity contribution in [3.8, 4) is 6.07 Å². The molecule has 1 aromatic rings. The van der Waals surface area contributed by atoms with Gasteiger partial charge in [0.1, 0.15) is 5.92 Å². The highest BCUT2D eigenvalue weighted by molar-refractivity contribution is 5.95. The van der Waals surface area contributed by atoms with E-state index in [-0.39, 0.29) is 11.8 Å². The lowest BCUT2D eigenvalue weighted by molar-refractivity contribution is -0.119. The van der Waals surface area contributed by atoms with Crippen LogP contribution in [0.1, 0.15) is 30.5 Å². The average Bonchev–Trinajstić information content (AvgIpc) is 2.26. The van der Waals surface area contributed by atoms with E-state index in [2.05, 4.69) is 11.4 Å². The van der Waals surface area contributed by atoms with Crippen molar-refractivity contribution in [3.63, 3.8) is 0 Å². The summed E-state index contributed by atoms with van der Waals surface area (Å²) in [7, 11) is 0. The molecule has 0 radical (unpaired) electrons. The molecule has 96 valence electrons. The number of carbonyl (C=O) groups is 1. The molecule has 0 spiro atoms. The highest BCUT2D eigenvalue weighted by Crippen LogP contribution is 2.21. The first kappa shape index (κ1) is 14.2. The quantitative estimate of drug-likeness (QED) is 0.886. The number of aryl methyl sites for hydroxylation is 3. The summed E-state index contributed by atoms with van der Waals surface area (Å²) in [5.74, 6) is -0.813. The third-order valence-corrected chi connectivity index (χ3v) is 3.19. The molecule has 0 heterocycles. The third kappa shape index (κ3) is 3.10. The first-order valence-corrected chi connectivity index (χ1v) is 6.15. The summed E-state index contributed by atoms with van der Waals surface area (Å²) in [4.78, 5) is 12.0. The number of hydrogen-bond donors (Lipinski definition) is 1. The lowest BCUT2D eigenvalue weighted by Gasteiger charge is -2.15. The van der Waals surface area contributed by atoms with Gasteiger partial charge < -0.3 is 5.32 Å². The zero-order chi connectivity index (χ0) is 13.9. The van der Waals surface area contributed by atoms with Crippen LogP contribution in [0.15, 0.2) is 12.1 Å². The van der Waals surface area contributed by atoms with Crippen molar-refractivity contribution in [3.05, 3.63) is 28.8 Å². The van der Waals surface area contributed by atoms with Crippen molar-refractivity contribution in [1.82, 2.24) is 0 Å². The molecule has 1 aromatic carbocycles. The van der Waals surface area contributed by atoms with Gasteiger partial charge in [0.2, 0.25) is 5.91 Å². The minimum atomic E-state index is -0.606. The number of carbonyl (C=O) groups excluding carboxylic acids is 1. The van der Waals surface area contributed by atoms with E-state index in [0.29, 0.717) is 0 Å². The van der Waals surface area contributed by atoms with Gasteiger partial charge in [0, 0.05) is 5.69 Å². The Morgan fingerprint density at radius 2 is 1.72 bits per heavy atom. The van der Waals surface area contributed by atoms with E-state index >= 15 is 0 Å². The molecule has 0 aliphatic rings. The van der Waals surface area contributed by atoms with Gasteiger partial charge in [-0.2, -0.15) is 5.26 Å². The molecule has 1 amide bonds. The molecule has 0 aliphatic carbocycles. The molecule has 3 nitrogen and oxygen atoms in total. The second-order valence-corrected chi connectivity index (χ2v) is 5.09. The van der Waals surface area contributed by atoms with E-state index in [4.69, 9.17) is 5.26 Å². The molecular formula is C15H20N2O. The van der Waals surface area contributed by atoms with Crippen LogP contribution < -0.4 is 5.32 Å². The first-order chi connectivity index (χ1) is 8.36. The standard InChI is InChI=1S/C15H20N2O/c1-9(2)13(8-16)15(18)17-14-7-11(4)10(3)6-12(14)5/h6-7,9,13H,1-5H3,(H,17,18). The number of nitrogens with one attached hydrogen (secondary N) is 1. The second kappa shape index (κ2) is 5.68. The van der Waals surface area contributed by atoms with Crippen molar-refractivity contribution in [1.29, 1.82) is 5.26 Å². The van der Waals surface area contributed by atoms with E-state index in [1.807, 2.05) is 46.8 Å². The van der Waals surface area contributed by atoms with Crippen LogP contribution in [0.4, 0.5) is 5.69 Å². The van der Waals surface area contributed by atoms with Crippen LogP contribution in [0, 0.1) is 43.9 Å². The number of anilines is 1. The van der Waals surface area contributed by atoms with E-state index < -0.39 is 5.92 Å². The van der Waals surface area contributed by atoms with Gasteiger partial charge in [-0.05, 0) is 49.4 Å². The Balaban J connectivity index is 2.95. The Kier molecular flexibility index (Phi) is 4.49. The number of amides is 1. The Hall–Kier alpha value is -1.82. The van der Waals surface area contributed by atoms with Crippen LogP contribution in [0.5, 0.6) is 0 Å². The Morgan fingerprint density at radius 1 is 1.17 bits per heavy atom. The van der Waals surface area contributed by atoms with Gasteiger partial charge in [0.05, 0.1) is 6.07 Å². The maximum Gasteiger partial charge on any atom is 0.241 e. The molecule has 0 saturated carbocycles. The summed E-state index contributed by atoms with van der Waals surface area (Å²) in [5.41, 5.74) is 4.15. The van der Waals surface area contributed by atoms with E-state index in [1.165, 1.54) is 5.56 Å². The SMILES string of the molecule is Cc1cc(C)c(NC(=O)C(C#N)C(C)C)cc1C. The van der Waals surface area contributed by atoms with Crippen LogP contribution in [0.25, 0.3) is 0 Å². The Bertz CT molecular complexity index is 498. The monoisotopic (exact) mass is 244 g/mol. The zero-order valence-electron chi connectivity index (χ0n) is 11.7. The normalized spacial score (nSPS) is 12.1. The maximum absolute atomic E-state index is 12.0. The predicted molar refractivity (Wildman–Crippen MR) is 73.2 cm³/mol. The summed E-state index contributed by atoms with van der Waals surface area (Å²) in [6.45, 7) is 9.76. The minimum absolute atomic E-state index is 0.0156. The highest BCUT2D eigenvalue weighted by atomic mass is 16.1. The predicted octanol–water partition coefficient (Wildman–Crippen LogP) is 3.35. The second-order valence-electron chi connectivity index (χ2n) is 5.09. The molecule has 0 saturated heterocycles. The largest absolute Gasteiger partial charge is 0.325 e. The van der Waals surface area contributed by atoms with Crippen molar-refractivity contribution in [2.24, 2.45) is 11.8 Å². The van der Waals surface area contributed by atoms with E-state index in [1.54, 1.807) is 0 Å². The van der Waals surface area contributed by atoms with Gasteiger partial charge in [0.15, 0.2) is 0 Å². The van der Waals surface area contributed by atoms with Crippen LogP contribution in [0.2, 0.25) is 0 Å². The minimum Gasteiger partial charge on any atom is -0.325 e. The van der Waals surface area contributed by atoms with Gasteiger partial charge in [-0.25, -0.2) is 0 Å². The first-order valence-electron chi connectivity index (χ1n) is 6.15. The van der Waals surface area contributed by atoms with Crippen molar-refractivity contribution >= 4 is 11.6 Å². The Morgan fingerprint density at radius 3 is 2.22 bits per heavy atom. The van der Waals surface area contributed by atoms with Crippen molar-refractivity contribution < 1.29 is 4.79 Å². The third-order valence-electron chi connectivity index (χ3n) is 3.19. The number of nitriles is 1. The summed E-state index contributed by atoms with van der Waals surface area (Å²) in [5, 5.41) is 11.9. The van der Waals surface area contributed by atoms with E-state index in [9.17, 15) is 4.79 Å². The molecule has 1 atom stereocenters. The molecule has 1 N–H and O–H groups in total. The molecule has 0 aliphatic heterocycles. The van der Waals surface area contributed by atoms with Crippen LogP contribution in [0.3, 0.4) is 0 Å². The van der Waals surface area contributed by atoms with Crippen LogP contribution >= 0.6 is 0 Å². The molecule has 18 heavy (non-hydrogen) atoms. The molecular weight excluding hydrogens is 224 g/mol. The molecule has 0 aromatic heterocycles. The van der Waals surface area contributed by atoms with Gasteiger partial charge in [-0.15, -0.1) is 0 Å².